The average molecular weight is 615 g/mol. The van der Waals surface area contributed by atoms with Crippen molar-refractivity contribution in [2.45, 2.75) is 39.7 Å². The van der Waals surface area contributed by atoms with Crippen LogP contribution in [0, 0.1) is 0 Å². The number of hydrogen-bond donors (Lipinski definition) is 0. The van der Waals surface area contributed by atoms with Crippen LogP contribution < -0.4 is 0 Å². The zero-order valence-corrected chi connectivity index (χ0v) is 26.6. The van der Waals surface area contributed by atoms with Gasteiger partial charge in [-0.1, -0.05) is 0 Å². The molecule has 0 spiro atoms. The molecule has 0 aliphatic rings. The molecule has 0 aromatic heterocycles. The average Bonchev–Trinajstić information content (AvgIpc) is 2.94. The summed E-state index contributed by atoms with van der Waals surface area (Å²) in [5, 5.41) is 0. The van der Waals surface area contributed by atoms with Crippen LogP contribution in [0.2, 0.25) is 0 Å². The van der Waals surface area contributed by atoms with Crippen molar-refractivity contribution < 1.29 is 61.6 Å². The topological polar surface area (TPSA) is 128 Å². The standard InChI is InChI=1S/C29H58O13/c1-5-31-8-9-33-12-13-35-16-17-37-20-21-39-24-25-41-27-26-40-23-22-38-19-18-36-15-14-34-11-10-32-7-6-28(30)42-29(2,3)4/h5-27H2,1-4H3. The molecule has 0 amide bonds. The Hall–Kier alpha value is -0.970. The summed E-state index contributed by atoms with van der Waals surface area (Å²) >= 11 is 0. The molecule has 0 saturated heterocycles. The monoisotopic (exact) mass is 614 g/mol. The first-order chi connectivity index (χ1) is 20.5. The first kappa shape index (κ1) is 41.0. The number of carbonyl (C=O) groups excluding carboxylic acids is 1. The molecule has 0 saturated carbocycles. The molecule has 0 aliphatic heterocycles. The van der Waals surface area contributed by atoms with Gasteiger partial charge < -0.3 is 56.8 Å². The highest BCUT2D eigenvalue weighted by molar-refractivity contribution is 5.69. The summed E-state index contributed by atoms with van der Waals surface area (Å²) < 4.78 is 64.6. The van der Waals surface area contributed by atoms with Gasteiger partial charge in [0.25, 0.3) is 0 Å². The third-order valence-electron chi connectivity index (χ3n) is 4.79. The van der Waals surface area contributed by atoms with Crippen LogP contribution in [-0.2, 0) is 61.6 Å². The molecule has 0 N–H and O–H groups in total. The molecule has 0 bridgehead atoms. The minimum Gasteiger partial charge on any atom is -0.460 e. The molecule has 0 unspecified atom stereocenters. The maximum atomic E-state index is 11.5. The second-order valence-corrected chi connectivity index (χ2v) is 9.66. The Kier molecular flexibility index (Phi) is 32.2. The van der Waals surface area contributed by atoms with E-state index >= 15 is 0 Å². The number of ether oxygens (including phenoxy) is 12. The van der Waals surface area contributed by atoms with Crippen molar-refractivity contribution in [1.29, 1.82) is 0 Å². The lowest BCUT2D eigenvalue weighted by atomic mass is 10.2. The Balaban J connectivity index is 3.09. The number of carbonyl (C=O) groups is 1. The van der Waals surface area contributed by atoms with Gasteiger partial charge in [-0.15, -0.1) is 0 Å². The first-order valence-corrected chi connectivity index (χ1v) is 15.0. The molecule has 0 aromatic rings. The largest absolute Gasteiger partial charge is 0.460 e. The van der Waals surface area contributed by atoms with Crippen LogP contribution in [0.1, 0.15) is 34.1 Å². The summed E-state index contributed by atoms with van der Waals surface area (Å²) in [7, 11) is 0. The van der Waals surface area contributed by atoms with Crippen LogP contribution in [0.5, 0.6) is 0 Å². The van der Waals surface area contributed by atoms with E-state index in [9.17, 15) is 4.79 Å². The zero-order chi connectivity index (χ0) is 30.8. The van der Waals surface area contributed by atoms with Crippen molar-refractivity contribution in [3.05, 3.63) is 0 Å². The quantitative estimate of drug-likeness (QED) is 0.0774. The Labute approximate surface area is 252 Å². The maximum absolute atomic E-state index is 11.5. The van der Waals surface area contributed by atoms with Gasteiger partial charge in [0.05, 0.1) is 145 Å². The third-order valence-corrected chi connectivity index (χ3v) is 4.79. The van der Waals surface area contributed by atoms with Crippen molar-refractivity contribution in [2.75, 3.05) is 145 Å². The zero-order valence-electron chi connectivity index (χ0n) is 26.6. The molecule has 13 nitrogen and oxygen atoms in total. The third kappa shape index (κ3) is 37.1. The highest BCUT2D eigenvalue weighted by Crippen LogP contribution is 2.08. The van der Waals surface area contributed by atoms with Crippen LogP contribution in [-0.4, -0.2) is 157 Å². The van der Waals surface area contributed by atoms with E-state index in [-0.39, 0.29) is 12.4 Å². The van der Waals surface area contributed by atoms with E-state index in [1.165, 1.54) is 0 Å². The van der Waals surface area contributed by atoms with Crippen LogP contribution in [0.4, 0.5) is 0 Å². The summed E-state index contributed by atoms with van der Waals surface area (Å²) in [5.74, 6) is -0.263. The molecule has 252 valence electrons. The molecule has 0 heterocycles. The summed E-state index contributed by atoms with van der Waals surface area (Å²) in [5.41, 5.74) is -0.471. The summed E-state index contributed by atoms with van der Waals surface area (Å²) in [6.45, 7) is 18.7. The molecule has 0 aromatic carbocycles. The minimum atomic E-state index is -0.471. The molecule has 0 aliphatic carbocycles. The van der Waals surface area contributed by atoms with Gasteiger partial charge in [0, 0.05) is 6.61 Å². The van der Waals surface area contributed by atoms with E-state index in [0.717, 1.165) is 0 Å². The smallest absolute Gasteiger partial charge is 0.308 e. The predicted octanol–water partition coefficient (Wildman–Crippen LogP) is 1.92. The fraction of sp³-hybridized carbons (Fsp3) is 0.966. The number of rotatable bonds is 34. The van der Waals surface area contributed by atoms with Gasteiger partial charge in [0.15, 0.2) is 0 Å². The normalized spacial score (nSPS) is 11.8. The van der Waals surface area contributed by atoms with E-state index < -0.39 is 5.60 Å². The van der Waals surface area contributed by atoms with E-state index in [1.54, 1.807) is 0 Å². The van der Waals surface area contributed by atoms with Crippen molar-refractivity contribution >= 4 is 5.97 Å². The maximum Gasteiger partial charge on any atom is 0.308 e. The molecule has 42 heavy (non-hydrogen) atoms. The molecule has 0 fully saturated rings. The molecule has 0 atom stereocenters. The van der Waals surface area contributed by atoms with Gasteiger partial charge in [-0.25, -0.2) is 0 Å². The SMILES string of the molecule is CCOCCOCCOCCOCCOCCOCCOCCOCCOCCOCCOCCC(=O)OC(C)(C)C. The van der Waals surface area contributed by atoms with E-state index in [1.807, 2.05) is 27.7 Å². The predicted molar refractivity (Wildman–Crippen MR) is 155 cm³/mol. The Morgan fingerprint density at radius 2 is 0.595 bits per heavy atom. The van der Waals surface area contributed by atoms with Crippen LogP contribution >= 0.6 is 0 Å². The molecular weight excluding hydrogens is 556 g/mol. The Bertz CT molecular complexity index is 546. The Morgan fingerprint density at radius 3 is 0.810 bits per heavy atom. The van der Waals surface area contributed by atoms with Crippen LogP contribution in [0.15, 0.2) is 0 Å². The lowest BCUT2D eigenvalue weighted by Gasteiger charge is -2.19. The van der Waals surface area contributed by atoms with Gasteiger partial charge in [0.2, 0.25) is 0 Å². The van der Waals surface area contributed by atoms with E-state index in [4.69, 9.17) is 56.8 Å². The minimum absolute atomic E-state index is 0.234. The van der Waals surface area contributed by atoms with E-state index in [2.05, 4.69) is 0 Å². The van der Waals surface area contributed by atoms with Crippen molar-refractivity contribution in [2.24, 2.45) is 0 Å². The molecular formula is C29H58O13. The van der Waals surface area contributed by atoms with Gasteiger partial charge in [-0.05, 0) is 27.7 Å². The van der Waals surface area contributed by atoms with Gasteiger partial charge in [-0.2, -0.15) is 0 Å². The first-order valence-electron chi connectivity index (χ1n) is 15.0. The summed E-state index contributed by atoms with van der Waals surface area (Å²) in [4.78, 5) is 11.5. The molecule has 0 radical (unpaired) electrons. The lowest BCUT2D eigenvalue weighted by Crippen LogP contribution is -2.24. The Morgan fingerprint density at radius 1 is 0.381 bits per heavy atom. The molecule has 0 rings (SSSR count). The fourth-order valence-electron chi connectivity index (χ4n) is 2.89. The highest BCUT2D eigenvalue weighted by Gasteiger charge is 2.15. The summed E-state index contributed by atoms with van der Waals surface area (Å²) in [6, 6.07) is 0. The highest BCUT2D eigenvalue weighted by atomic mass is 16.6. The number of esters is 1. The lowest BCUT2D eigenvalue weighted by molar-refractivity contribution is -0.156. The van der Waals surface area contributed by atoms with Crippen molar-refractivity contribution in [3.8, 4) is 0 Å². The van der Waals surface area contributed by atoms with Crippen LogP contribution in [0.25, 0.3) is 0 Å². The molecule has 13 heteroatoms. The van der Waals surface area contributed by atoms with Crippen LogP contribution in [0.3, 0.4) is 0 Å². The number of hydrogen-bond acceptors (Lipinski definition) is 13. The van der Waals surface area contributed by atoms with Crippen molar-refractivity contribution in [1.82, 2.24) is 0 Å². The summed E-state index contributed by atoms with van der Waals surface area (Å²) in [6.07, 6.45) is 0.234. The van der Waals surface area contributed by atoms with E-state index in [0.29, 0.717) is 145 Å². The second-order valence-electron chi connectivity index (χ2n) is 9.66. The van der Waals surface area contributed by atoms with Gasteiger partial charge >= 0.3 is 5.97 Å². The fourth-order valence-corrected chi connectivity index (χ4v) is 2.89. The second kappa shape index (κ2) is 32.9. The van der Waals surface area contributed by atoms with Gasteiger partial charge in [0.1, 0.15) is 5.60 Å². The van der Waals surface area contributed by atoms with Crippen molar-refractivity contribution in [3.63, 3.8) is 0 Å². The van der Waals surface area contributed by atoms with Gasteiger partial charge in [-0.3, -0.25) is 4.79 Å².